The highest BCUT2D eigenvalue weighted by Gasteiger charge is 2.33. The molecule has 34 heavy (non-hydrogen) atoms. The van der Waals surface area contributed by atoms with Gasteiger partial charge in [0.1, 0.15) is 0 Å². The van der Waals surface area contributed by atoms with E-state index in [9.17, 15) is 14.4 Å². The minimum absolute atomic E-state index is 0.287. The Morgan fingerprint density at radius 3 is 2.03 bits per heavy atom. The number of hydroxylamine groups is 1. The first kappa shape index (κ1) is 25.0. The summed E-state index contributed by atoms with van der Waals surface area (Å²) in [6, 6.07) is 13.3. The third-order valence-corrected chi connectivity index (χ3v) is 5.85. The lowest BCUT2D eigenvalue weighted by molar-refractivity contribution is -0.140. The van der Waals surface area contributed by atoms with E-state index in [4.69, 9.17) is 5.21 Å². The highest BCUT2D eigenvalue weighted by molar-refractivity contribution is 6.08. The first-order chi connectivity index (χ1) is 16.4. The third kappa shape index (κ3) is 6.44. The second-order valence-corrected chi connectivity index (χ2v) is 8.27. The maximum Gasteiger partial charge on any atom is 0.275 e. The molecular formula is C26H30N4O4. The van der Waals surface area contributed by atoms with Gasteiger partial charge in [-0.1, -0.05) is 30.4 Å². The van der Waals surface area contributed by atoms with Crippen LogP contribution in [0.25, 0.3) is 0 Å². The molecule has 0 bridgehead atoms. The molecule has 3 amide bonds. The molecule has 0 spiro atoms. The van der Waals surface area contributed by atoms with Gasteiger partial charge in [0.2, 0.25) is 0 Å². The molecule has 8 heteroatoms. The number of nitrogens with zero attached hydrogens (tertiary/aromatic N) is 2. The van der Waals surface area contributed by atoms with Crippen LogP contribution in [0.1, 0.15) is 46.3 Å². The topological polar surface area (TPSA) is 102 Å². The van der Waals surface area contributed by atoms with E-state index < -0.39 is 23.8 Å². The summed E-state index contributed by atoms with van der Waals surface area (Å²) in [5, 5.41) is 11.2. The second-order valence-electron chi connectivity index (χ2n) is 8.27. The van der Waals surface area contributed by atoms with Crippen molar-refractivity contribution in [2.24, 2.45) is 0 Å². The van der Waals surface area contributed by atoms with Crippen LogP contribution in [0.5, 0.6) is 0 Å². The fraction of sp³-hybridized carbons (Fsp3) is 0.346. The van der Waals surface area contributed by atoms with Crippen molar-refractivity contribution in [2.75, 3.05) is 27.2 Å². The Bertz CT molecular complexity index is 1050. The van der Waals surface area contributed by atoms with E-state index in [2.05, 4.69) is 34.2 Å². The quantitative estimate of drug-likeness (QED) is 0.263. The molecule has 1 atom stereocenters. The molecule has 2 aromatic rings. The van der Waals surface area contributed by atoms with Crippen LogP contribution in [0.3, 0.4) is 0 Å². The van der Waals surface area contributed by atoms with Crippen molar-refractivity contribution in [2.45, 2.75) is 31.8 Å². The summed E-state index contributed by atoms with van der Waals surface area (Å²) < 4.78 is 0. The molecule has 1 unspecified atom stereocenters. The van der Waals surface area contributed by atoms with Gasteiger partial charge in [-0.2, -0.15) is 0 Å². The zero-order chi connectivity index (χ0) is 24.5. The molecule has 3 N–H and O–H groups in total. The van der Waals surface area contributed by atoms with Gasteiger partial charge in [0.15, 0.2) is 6.04 Å². The minimum Gasteiger partial charge on any atom is -0.357 e. The molecule has 1 heterocycles. The number of piperidine rings is 1. The van der Waals surface area contributed by atoms with Crippen molar-refractivity contribution in [1.82, 2.24) is 20.6 Å². The van der Waals surface area contributed by atoms with Crippen LogP contribution in [-0.2, 0) is 16.1 Å². The number of amides is 3. The number of rotatable bonds is 6. The average Bonchev–Trinajstić information content (AvgIpc) is 2.88. The van der Waals surface area contributed by atoms with E-state index in [0.717, 1.165) is 35.7 Å². The zero-order valence-corrected chi connectivity index (χ0v) is 19.5. The third-order valence-electron chi connectivity index (χ3n) is 5.85. The molecule has 8 nitrogen and oxygen atoms in total. The van der Waals surface area contributed by atoms with E-state index in [1.165, 1.54) is 44.4 Å². The number of carbonyl (C=O) groups is 3. The summed E-state index contributed by atoms with van der Waals surface area (Å²) in [5.41, 5.74) is 4.62. The molecule has 0 radical (unpaired) electrons. The van der Waals surface area contributed by atoms with Gasteiger partial charge in [0.05, 0.1) is 0 Å². The number of carbonyl (C=O) groups excluding carboxylic acids is 3. The second kappa shape index (κ2) is 12.0. The lowest BCUT2D eigenvalue weighted by Gasteiger charge is -2.26. The number of likely N-dealkylation sites (tertiary alicyclic amines) is 1. The van der Waals surface area contributed by atoms with Crippen LogP contribution >= 0.6 is 0 Å². The zero-order valence-electron chi connectivity index (χ0n) is 19.5. The summed E-state index contributed by atoms with van der Waals surface area (Å²) >= 11 is 0. The Kier molecular flexibility index (Phi) is 8.79. The summed E-state index contributed by atoms with van der Waals surface area (Å²) in [6.45, 7) is 3.30. The molecule has 1 aliphatic heterocycles. The summed E-state index contributed by atoms with van der Waals surface area (Å²) in [7, 11) is 2.66. The van der Waals surface area contributed by atoms with E-state index in [0.29, 0.717) is 0 Å². The van der Waals surface area contributed by atoms with Gasteiger partial charge in [-0.25, -0.2) is 5.48 Å². The van der Waals surface area contributed by atoms with Crippen LogP contribution in [-0.4, -0.2) is 66.0 Å². The Balaban J connectivity index is 1.64. The van der Waals surface area contributed by atoms with Gasteiger partial charge in [0, 0.05) is 37.3 Å². The molecule has 0 aromatic heterocycles. The molecule has 3 rings (SSSR count). The van der Waals surface area contributed by atoms with Crippen molar-refractivity contribution in [1.29, 1.82) is 0 Å². The Hall–Kier alpha value is -3.67. The predicted octanol–water partition coefficient (Wildman–Crippen LogP) is 1.76. The van der Waals surface area contributed by atoms with Crippen molar-refractivity contribution in [3.63, 3.8) is 0 Å². The fourth-order valence-corrected chi connectivity index (χ4v) is 3.90. The van der Waals surface area contributed by atoms with Gasteiger partial charge < -0.3 is 10.2 Å². The molecule has 178 valence electrons. The summed E-state index contributed by atoms with van der Waals surface area (Å²) in [5.74, 6) is 3.97. The number of hydrogen-bond acceptors (Lipinski definition) is 5. The van der Waals surface area contributed by atoms with Gasteiger partial charge in [-0.05, 0) is 67.9 Å². The monoisotopic (exact) mass is 462 g/mol. The van der Waals surface area contributed by atoms with Crippen LogP contribution in [0, 0.1) is 11.8 Å². The number of nitrogens with one attached hydrogen (secondary N) is 2. The molecule has 0 aliphatic carbocycles. The molecule has 2 aromatic carbocycles. The maximum absolute atomic E-state index is 12.7. The van der Waals surface area contributed by atoms with Gasteiger partial charge >= 0.3 is 0 Å². The van der Waals surface area contributed by atoms with Gasteiger partial charge in [-0.3, -0.25) is 24.5 Å². The smallest absolute Gasteiger partial charge is 0.275 e. The van der Waals surface area contributed by atoms with E-state index in [-0.39, 0.29) is 5.56 Å². The molecular weight excluding hydrogens is 432 g/mol. The maximum atomic E-state index is 12.7. The highest BCUT2D eigenvalue weighted by atomic mass is 16.5. The highest BCUT2D eigenvalue weighted by Crippen LogP contribution is 2.14. The SMILES string of the molecule is CNC(=O)C(C(=O)NO)N(C)C(=O)c1ccc(C#Cc2ccc(CN3CCCCC3)cc2)cc1. The molecule has 1 saturated heterocycles. The molecule has 1 fully saturated rings. The number of benzene rings is 2. The Morgan fingerprint density at radius 2 is 1.50 bits per heavy atom. The Morgan fingerprint density at radius 1 is 0.941 bits per heavy atom. The lowest BCUT2D eigenvalue weighted by Crippen LogP contribution is -2.54. The van der Waals surface area contributed by atoms with E-state index in [1.807, 2.05) is 12.1 Å². The van der Waals surface area contributed by atoms with Crippen LogP contribution in [0.4, 0.5) is 0 Å². The summed E-state index contributed by atoms with van der Waals surface area (Å²) in [6.07, 6.45) is 3.88. The normalized spacial score (nSPS) is 14.3. The summed E-state index contributed by atoms with van der Waals surface area (Å²) in [4.78, 5) is 40.0. The molecule has 0 saturated carbocycles. The minimum atomic E-state index is -1.50. The van der Waals surface area contributed by atoms with Crippen molar-refractivity contribution in [3.05, 3.63) is 70.8 Å². The van der Waals surface area contributed by atoms with Crippen LogP contribution < -0.4 is 10.8 Å². The molecule has 1 aliphatic rings. The Labute approximate surface area is 199 Å². The van der Waals surface area contributed by atoms with Crippen molar-refractivity contribution >= 4 is 17.7 Å². The standard InChI is InChI=1S/C26H30N4O4/c1-27-24(31)23(25(32)28-34)29(2)26(33)22-14-12-20(13-15-22)7-6-19-8-10-21(11-9-19)18-30-16-4-3-5-17-30/h8-15,23,34H,3-5,16-18H2,1-2H3,(H,27,31)(H,28,32). The predicted molar refractivity (Wildman–Crippen MR) is 128 cm³/mol. The van der Waals surface area contributed by atoms with Gasteiger partial charge in [-0.15, -0.1) is 0 Å². The van der Waals surface area contributed by atoms with Crippen LogP contribution in [0.15, 0.2) is 48.5 Å². The number of hydrogen-bond donors (Lipinski definition) is 3. The largest absolute Gasteiger partial charge is 0.357 e. The van der Waals surface area contributed by atoms with Crippen molar-refractivity contribution < 1.29 is 19.6 Å². The first-order valence-electron chi connectivity index (χ1n) is 11.3. The first-order valence-corrected chi connectivity index (χ1v) is 11.3. The average molecular weight is 463 g/mol. The van der Waals surface area contributed by atoms with Crippen molar-refractivity contribution in [3.8, 4) is 11.8 Å². The lowest BCUT2D eigenvalue weighted by atomic mass is 10.1. The van der Waals surface area contributed by atoms with E-state index in [1.54, 1.807) is 24.3 Å². The fourth-order valence-electron chi connectivity index (χ4n) is 3.90. The van der Waals surface area contributed by atoms with Gasteiger partial charge in [0.25, 0.3) is 17.7 Å². The van der Waals surface area contributed by atoms with E-state index >= 15 is 0 Å². The number of likely N-dealkylation sites (N-methyl/N-ethyl adjacent to an activating group) is 2. The van der Waals surface area contributed by atoms with Crippen LogP contribution in [0.2, 0.25) is 0 Å².